The molecule has 1 aromatic heterocycles. The molecule has 0 atom stereocenters. The van der Waals surface area contributed by atoms with Crippen molar-refractivity contribution in [1.29, 1.82) is 0 Å². The van der Waals surface area contributed by atoms with Crippen LogP contribution in [0.2, 0.25) is 0 Å². The van der Waals surface area contributed by atoms with Crippen molar-refractivity contribution in [2.24, 2.45) is 0 Å². The van der Waals surface area contributed by atoms with E-state index in [9.17, 15) is 22.8 Å². The highest BCUT2D eigenvalue weighted by Gasteiger charge is 2.32. The second kappa shape index (κ2) is 8.64. The number of nitrogens with zero attached hydrogens (tertiary/aromatic N) is 1. The Bertz CT molecular complexity index is 831. The van der Waals surface area contributed by atoms with Gasteiger partial charge in [-0.3, -0.25) is 9.59 Å². The standard InChI is InChI=1S/C19H19F3N2O3S/c20-19(21,22)13-5-6-16(24-7-1-2-8-24)15(10-13)23-17(25)12-27-18(26)11-14-4-3-9-28-14/h3-6,9-10H,1-2,7-8,11-12H2,(H,23,25). The van der Waals surface area contributed by atoms with Crippen molar-refractivity contribution in [3.8, 4) is 0 Å². The SMILES string of the molecule is O=C(COC(=O)Cc1cccs1)Nc1cc(C(F)(F)F)ccc1N1CCCC1. The van der Waals surface area contributed by atoms with E-state index in [0.29, 0.717) is 18.8 Å². The highest BCUT2D eigenvalue weighted by atomic mass is 32.1. The van der Waals surface area contributed by atoms with Gasteiger partial charge in [0, 0.05) is 18.0 Å². The van der Waals surface area contributed by atoms with E-state index in [1.54, 1.807) is 12.1 Å². The average Bonchev–Trinajstić information content (AvgIpc) is 3.33. The van der Waals surface area contributed by atoms with Gasteiger partial charge in [0.15, 0.2) is 6.61 Å². The number of benzene rings is 1. The molecule has 2 heterocycles. The van der Waals surface area contributed by atoms with E-state index in [-0.39, 0.29) is 12.1 Å². The van der Waals surface area contributed by atoms with Crippen LogP contribution in [0, 0.1) is 0 Å². The van der Waals surface area contributed by atoms with Crippen molar-refractivity contribution in [2.75, 3.05) is 29.9 Å². The number of thiophene rings is 1. The molecule has 0 unspecified atom stereocenters. The lowest BCUT2D eigenvalue weighted by molar-refractivity contribution is -0.146. The third kappa shape index (κ3) is 5.25. The van der Waals surface area contributed by atoms with Crippen molar-refractivity contribution >= 4 is 34.6 Å². The first-order valence-corrected chi connectivity index (χ1v) is 9.65. The molecular formula is C19H19F3N2O3S. The second-order valence-electron chi connectivity index (χ2n) is 6.39. The number of ether oxygens (including phenoxy) is 1. The van der Waals surface area contributed by atoms with Gasteiger partial charge in [0.1, 0.15) is 0 Å². The molecule has 1 aliphatic rings. The quantitative estimate of drug-likeness (QED) is 0.726. The fourth-order valence-electron chi connectivity index (χ4n) is 2.99. The van der Waals surface area contributed by atoms with Gasteiger partial charge in [-0.1, -0.05) is 6.07 Å². The zero-order valence-corrected chi connectivity index (χ0v) is 15.7. The molecule has 9 heteroatoms. The Morgan fingerprint density at radius 3 is 2.57 bits per heavy atom. The Hall–Kier alpha value is -2.55. The van der Waals surface area contributed by atoms with E-state index < -0.39 is 30.2 Å². The lowest BCUT2D eigenvalue weighted by atomic mass is 10.1. The Labute approximate surface area is 164 Å². The summed E-state index contributed by atoms with van der Waals surface area (Å²) in [6.07, 6.45) is -2.59. The molecule has 1 aliphatic heterocycles. The maximum absolute atomic E-state index is 13.1. The van der Waals surface area contributed by atoms with Crippen LogP contribution < -0.4 is 10.2 Å². The summed E-state index contributed by atoms with van der Waals surface area (Å²) in [5.74, 6) is -1.25. The molecule has 1 fully saturated rings. The number of halogens is 3. The van der Waals surface area contributed by atoms with Gasteiger partial charge in [0.2, 0.25) is 0 Å². The Balaban J connectivity index is 1.66. The summed E-state index contributed by atoms with van der Waals surface area (Å²) in [6.45, 7) is 0.869. The van der Waals surface area contributed by atoms with Gasteiger partial charge < -0.3 is 15.0 Å². The fourth-order valence-corrected chi connectivity index (χ4v) is 3.68. The molecule has 0 bridgehead atoms. The number of rotatable bonds is 6. The number of carbonyl (C=O) groups is 2. The number of amides is 1. The number of alkyl halides is 3. The van der Waals surface area contributed by atoms with Crippen LogP contribution >= 0.6 is 11.3 Å². The van der Waals surface area contributed by atoms with Crippen LogP contribution in [0.25, 0.3) is 0 Å². The van der Waals surface area contributed by atoms with Gasteiger partial charge in [-0.25, -0.2) is 0 Å². The van der Waals surface area contributed by atoms with E-state index in [1.165, 1.54) is 17.4 Å². The second-order valence-corrected chi connectivity index (χ2v) is 7.42. The summed E-state index contributed by atoms with van der Waals surface area (Å²) in [6, 6.07) is 6.86. The Morgan fingerprint density at radius 1 is 1.18 bits per heavy atom. The smallest absolute Gasteiger partial charge is 0.416 e. The molecule has 2 aromatic rings. The Morgan fingerprint density at radius 2 is 1.93 bits per heavy atom. The molecule has 28 heavy (non-hydrogen) atoms. The van der Waals surface area contributed by atoms with Crippen LogP contribution in [0.1, 0.15) is 23.3 Å². The number of hydrogen-bond donors (Lipinski definition) is 1. The topological polar surface area (TPSA) is 58.6 Å². The zero-order valence-electron chi connectivity index (χ0n) is 14.9. The molecule has 1 saturated heterocycles. The summed E-state index contributed by atoms with van der Waals surface area (Å²) in [5, 5.41) is 4.28. The molecule has 0 aliphatic carbocycles. The minimum absolute atomic E-state index is 0.0491. The monoisotopic (exact) mass is 412 g/mol. The molecule has 0 spiro atoms. The summed E-state index contributed by atoms with van der Waals surface area (Å²) in [4.78, 5) is 26.7. The Kier molecular flexibility index (Phi) is 6.23. The molecule has 1 N–H and O–H groups in total. The van der Waals surface area contributed by atoms with Crippen molar-refractivity contribution in [1.82, 2.24) is 0 Å². The van der Waals surface area contributed by atoms with Gasteiger partial charge in [0.25, 0.3) is 5.91 Å². The highest BCUT2D eigenvalue weighted by Crippen LogP contribution is 2.36. The van der Waals surface area contributed by atoms with Crippen LogP contribution in [0.3, 0.4) is 0 Å². The van der Waals surface area contributed by atoms with Gasteiger partial charge >= 0.3 is 12.1 Å². The normalized spacial score (nSPS) is 14.2. The first kappa shape index (κ1) is 20.2. The predicted octanol–water partition coefficient (Wildman–Crippen LogP) is 4.09. The number of carbonyl (C=O) groups excluding carboxylic acids is 2. The first-order valence-electron chi connectivity index (χ1n) is 8.77. The summed E-state index contributed by atoms with van der Waals surface area (Å²) < 4.78 is 44.1. The molecule has 3 rings (SSSR count). The average molecular weight is 412 g/mol. The predicted molar refractivity (Wildman–Crippen MR) is 101 cm³/mol. The summed E-state index contributed by atoms with van der Waals surface area (Å²) in [5.41, 5.74) is -0.250. The summed E-state index contributed by atoms with van der Waals surface area (Å²) in [7, 11) is 0. The largest absolute Gasteiger partial charge is 0.455 e. The van der Waals surface area contributed by atoms with Crippen LogP contribution in [0.4, 0.5) is 24.5 Å². The minimum atomic E-state index is -4.52. The van der Waals surface area contributed by atoms with Gasteiger partial charge in [0.05, 0.1) is 23.4 Å². The maximum atomic E-state index is 13.1. The number of nitrogens with one attached hydrogen (secondary N) is 1. The van der Waals surface area contributed by atoms with Crippen molar-refractivity contribution in [3.05, 3.63) is 46.2 Å². The number of anilines is 2. The van der Waals surface area contributed by atoms with E-state index in [4.69, 9.17) is 4.74 Å². The third-order valence-electron chi connectivity index (χ3n) is 4.31. The lowest BCUT2D eigenvalue weighted by Crippen LogP contribution is -2.25. The minimum Gasteiger partial charge on any atom is -0.455 e. The van der Waals surface area contributed by atoms with Gasteiger partial charge in [-0.05, 0) is 42.5 Å². The van der Waals surface area contributed by atoms with Crippen LogP contribution in [-0.2, 0) is 26.9 Å². The van der Waals surface area contributed by atoms with E-state index >= 15 is 0 Å². The van der Waals surface area contributed by atoms with E-state index in [1.807, 2.05) is 10.3 Å². The molecule has 0 radical (unpaired) electrons. The van der Waals surface area contributed by atoms with Crippen molar-refractivity contribution in [3.63, 3.8) is 0 Å². The van der Waals surface area contributed by atoms with Gasteiger partial charge in [-0.15, -0.1) is 11.3 Å². The number of esters is 1. The maximum Gasteiger partial charge on any atom is 0.416 e. The molecule has 1 amide bonds. The lowest BCUT2D eigenvalue weighted by Gasteiger charge is -2.23. The zero-order chi connectivity index (χ0) is 20.1. The molecule has 150 valence electrons. The van der Waals surface area contributed by atoms with Crippen molar-refractivity contribution < 1.29 is 27.5 Å². The number of hydrogen-bond acceptors (Lipinski definition) is 5. The first-order chi connectivity index (χ1) is 13.3. The van der Waals surface area contributed by atoms with Crippen LogP contribution in [0.15, 0.2) is 35.7 Å². The molecule has 0 saturated carbocycles. The highest BCUT2D eigenvalue weighted by molar-refractivity contribution is 7.10. The molecule has 5 nitrogen and oxygen atoms in total. The van der Waals surface area contributed by atoms with E-state index in [2.05, 4.69) is 5.32 Å². The molecular weight excluding hydrogens is 393 g/mol. The van der Waals surface area contributed by atoms with E-state index in [0.717, 1.165) is 29.9 Å². The molecule has 1 aromatic carbocycles. The van der Waals surface area contributed by atoms with Crippen LogP contribution in [0.5, 0.6) is 0 Å². The van der Waals surface area contributed by atoms with Crippen molar-refractivity contribution in [2.45, 2.75) is 25.4 Å². The summed E-state index contributed by atoms with van der Waals surface area (Å²) >= 11 is 1.39. The van der Waals surface area contributed by atoms with Crippen LogP contribution in [-0.4, -0.2) is 31.6 Å². The van der Waals surface area contributed by atoms with Gasteiger partial charge in [-0.2, -0.15) is 13.2 Å². The fraction of sp³-hybridized carbons (Fsp3) is 0.368. The third-order valence-corrected chi connectivity index (χ3v) is 5.18.